The number of nitrogens with one attached hydrogen (secondary N) is 2. The van der Waals surface area contributed by atoms with Crippen molar-refractivity contribution in [3.05, 3.63) is 34.6 Å². The summed E-state index contributed by atoms with van der Waals surface area (Å²) in [6.45, 7) is 2.71. The average molecular weight is 300 g/mol. The first-order chi connectivity index (χ1) is 10.1. The summed E-state index contributed by atoms with van der Waals surface area (Å²) >= 11 is 5.22. The summed E-state index contributed by atoms with van der Waals surface area (Å²) in [5, 5.41) is 9.63. The lowest BCUT2D eigenvalue weighted by molar-refractivity contribution is -0.121. The normalized spacial score (nSPS) is 10.1. The van der Waals surface area contributed by atoms with Crippen LogP contribution in [0.2, 0.25) is 0 Å². The third kappa shape index (κ3) is 3.80. The van der Waals surface area contributed by atoms with Gasteiger partial charge in [0.1, 0.15) is 0 Å². The number of H-pyrrole nitrogens is 1. The predicted octanol–water partition coefficient (Wildman–Crippen LogP) is 2.06. The Morgan fingerprint density at radius 2 is 2.19 bits per heavy atom. The van der Waals surface area contributed by atoms with E-state index in [1.807, 2.05) is 35.8 Å². The lowest BCUT2D eigenvalue weighted by Gasteiger charge is -2.07. The first kappa shape index (κ1) is 15.0. The van der Waals surface area contributed by atoms with Gasteiger partial charge in [-0.25, -0.2) is 0 Å². The highest BCUT2D eigenvalue weighted by molar-refractivity contribution is 7.71. The zero-order chi connectivity index (χ0) is 15.2. The molecule has 0 aliphatic carbocycles. The fraction of sp³-hybridized carbons (Fsp3) is 0.267. The van der Waals surface area contributed by atoms with Gasteiger partial charge < -0.3 is 5.32 Å². The van der Waals surface area contributed by atoms with Gasteiger partial charge in [-0.05, 0) is 19.1 Å². The largest absolute Gasteiger partial charge is 0.345 e. The molecule has 0 spiro atoms. The number of carbonyl (C=O) groups excluding carboxylic acids is 1. The fourth-order valence-corrected chi connectivity index (χ4v) is 2.12. The maximum atomic E-state index is 11.6. The van der Waals surface area contributed by atoms with Crippen molar-refractivity contribution in [2.24, 2.45) is 0 Å². The molecule has 0 bridgehead atoms. The van der Waals surface area contributed by atoms with Gasteiger partial charge >= 0.3 is 0 Å². The number of carbonyl (C=O) groups is 1. The molecule has 6 heteroatoms. The van der Waals surface area contributed by atoms with Gasteiger partial charge in [0.2, 0.25) is 5.91 Å². The van der Waals surface area contributed by atoms with E-state index in [1.54, 1.807) is 0 Å². The highest BCUT2D eigenvalue weighted by Gasteiger charge is 2.10. The van der Waals surface area contributed by atoms with Crippen molar-refractivity contribution in [1.82, 2.24) is 20.1 Å². The first-order valence-electron chi connectivity index (χ1n) is 6.54. The van der Waals surface area contributed by atoms with E-state index < -0.39 is 0 Å². The molecule has 0 aliphatic heterocycles. The van der Waals surface area contributed by atoms with E-state index >= 15 is 0 Å². The summed E-state index contributed by atoms with van der Waals surface area (Å²) < 4.78 is 2.31. The second-order valence-corrected chi connectivity index (χ2v) is 4.99. The molecule has 2 N–H and O–H groups in total. The van der Waals surface area contributed by atoms with Crippen molar-refractivity contribution in [3.8, 4) is 23.7 Å². The minimum Gasteiger partial charge on any atom is -0.345 e. The van der Waals surface area contributed by atoms with E-state index in [2.05, 4.69) is 21.4 Å². The molecule has 0 aliphatic rings. The van der Waals surface area contributed by atoms with Gasteiger partial charge in [-0.1, -0.05) is 35.7 Å². The number of hydrogen-bond acceptors (Lipinski definition) is 3. The van der Waals surface area contributed by atoms with E-state index in [-0.39, 0.29) is 12.5 Å². The maximum absolute atomic E-state index is 11.6. The van der Waals surface area contributed by atoms with Crippen molar-refractivity contribution in [2.45, 2.75) is 19.9 Å². The number of aryl methyl sites for hydroxylation is 1. The van der Waals surface area contributed by atoms with E-state index in [4.69, 9.17) is 18.6 Å². The van der Waals surface area contributed by atoms with Crippen LogP contribution in [0.1, 0.15) is 12.0 Å². The Balaban J connectivity index is 2.15. The summed E-state index contributed by atoms with van der Waals surface area (Å²) in [4.78, 5) is 11.6. The molecule has 0 unspecified atom stereocenters. The number of benzene rings is 1. The molecule has 0 saturated carbocycles. The molecule has 108 valence electrons. The Kier molecular flexibility index (Phi) is 4.90. The van der Waals surface area contributed by atoms with Crippen LogP contribution in [0, 0.1) is 24.0 Å². The molecule has 0 fully saturated rings. The minimum atomic E-state index is -0.106. The first-order valence-corrected chi connectivity index (χ1v) is 6.95. The highest BCUT2D eigenvalue weighted by Crippen LogP contribution is 2.18. The van der Waals surface area contributed by atoms with Crippen LogP contribution < -0.4 is 5.32 Å². The summed E-state index contributed by atoms with van der Waals surface area (Å²) in [5.41, 5.74) is 2.13. The lowest BCUT2D eigenvalue weighted by atomic mass is 10.1. The monoisotopic (exact) mass is 300 g/mol. The smallest absolute Gasteiger partial charge is 0.222 e. The van der Waals surface area contributed by atoms with Crippen LogP contribution in [0.25, 0.3) is 11.4 Å². The van der Waals surface area contributed by atoms with Gasteiger partial charge in [0.05, 0.1) is 6.54 Å². The summed E-state index contributed by atoms with van der Waals surface area (Å²) in [6.07, 6.45) is 5.40. The summed E-state index contributed by atoms with van der Waals surface area (Å²) in [5.74, 6) is 2.99. The Labute approximate surface area is 128 Å². The second kappa shape index (κ2) is 6.86. The summed E-state index contributed by atoms with van der Waals surface area (Å²) in [7, 11) is 0. The molecule has 5 nitrogen and oxygen atoms in total. The summed E-state index contributed by atoms with van der Waals surface area (Å²) in [6, 6.07) is 7.98. The molecule has 1 heterocycles. The van der Waals surface area contributed by atoms with Crippen molar-refractivity contribution >= 4 is 18.1 Å². The van der Waals surface area contributed by atoms with E-state index in [1.165, 1.54) is 5.56 Å². The van der Waals surface area contributed by atoms with Crippen LogP contribution in [0.5, 0.6) is 0 Å². The molecule has 1 amide bonds. The van der Waals surface area contributed by atoms with Crippen LogP contribution in [0.4, 0.5) is 0 Å². The molecule has 21 heavy (non-hydrogen) atoms. The standard InChI is InChI=1S/C15H16N4OS/c1-3-9-16-13(20)8-10-19-14(17-18-15(19)21)12-6-4-11(2)5-7-12/h1,4-7H,8-10H2,2H3,(H,16,20)(H,18,21). The number of nitrogens with zero attached hydrogens (tertiary/aromatic N) is 2. The third-order valence-corrected chi connectivity index (χ3v) is 3.33. The number of aromatic nitrogens is 3. The Bertz CT molecular complexity index is 721. The van der Waals surface area contributed by atoms with Crippen molar-refractivity contribution in [3.63, 3.8) is 0 Å². The molecule has 1 aromatic heterocycles. The van der Waals surface area contributed by atoms with Crippen LogP contribution in [-0.4, -0.2) is 27.2 Å². The van der Waals surface area contributed by atoms with E-state index in [0.717, 1.165) is 11.4 Å². The van der Waals surface area contributed by atoms with Crippen molar-refractivity contribution in [1.29, 1.82) is 0 Å². The molecule has 2 rings (SSSR count). The second-order valence-electron chi connectivity index (χ2n) is 4.60. The van der Waals surface area contributed by atoms with Crippen LogP contribution in [0.15, 0.2) is 24.3 Å². The number of amides is 1. The molecule has 0 radical (unpaired) electrons. The van der Waals surface area contributed by atoms with Crippen molar-refractivity contribution in [2.75, 3.05) is 6.54 Å². The molecular formula is C15H16N4OS. The third-order valence-electron chi connectivity index (χ3n) is 3.02. The molecule has 0 saturated heterocycles. The van der Waals surface area contributed by atoms with Crippen LogP contribution in [-0.2, 0) is 11.3 Å². The quantitative estimate of drug-likeness (QED) is 0.656. The van der Waals surface area contributed by atoms with Gasteiger partial charge in [-0.2, -0.15) is 5.10 Å². The number of terminal acetylenes is 1. The molecule has 0 atom stereocenters. The molecule has 1 aromatic carbocycles. The maximum Gasteiger partial charge on any atom is 0.222 e. The van der Waals surface area contributed by atoms with Gasteiger partial charge in [0, 0.05) is 18.5 Å². The lowest BCUT2D eigenvalue weighted by Crippen LogP contribution is -2.24. The van der Waals surface area contributed by atoms with Crippen LogP contribution >= 0.6 is 12.2 Å². The van der Waals surface area contributed by atoms with E-state index in [0.29, 0.717) is 17.7 Å². The van der Waals surface area contributed by atoms with Gasteiger partial charge in [-0.15, -0.1) is 6.42 Å². The van der Waals surface area contributed by atoms with Gasteiger partial charge in [0.25, 0.3) is 0 Å². The zero-order valence-electron chi connectivity index (χ0n) is 11.7. The Hall–Kier alpha value is -2.39. The average Bonchev–Trinajstić information content (AvgIpc) is 2.85. The minimum absolute atomic E-state index is 0.106. The fourth-order valence-electron chi connectivity index (χ4n) is 1.90. The van der Waals surface area contributed by atoms with Crippen LogP contribution in [0.3, 0.4) is 0 Å². The van der Waals surface area contributed by atoms with Gasteiger partial charge in [0.15, 0.2) is 10.6 Å². The number of aromatic amines is 1. The van der Waals surface area contributed by atoms with Gasteiger partial charge in [-0.3, -0.25) is 14.5 Å². The highest BCUT2D eigenvalue weighted by atomic mass is 32.1. The zero-order valence-corrected chi connectivity index (χ0v) is 12.5. The topological polar surface area (TPSA) is 62.7 Å². The van der Waals surface area contributed by atoms with E-state index in [9.17, 15) is 4.79 Å². The number of hydrogen-bond donors (Lipinski definition) is 2. The molecular weight excluding hydrogens is 284 g/mol. The van der Waals surface area contributed by atoms with Crippen molar-refractivity contribution < 1.29 is 4.79 Å². The Morgan fingerprint density at radius 1 is 1.48 bits per heavy atom. The Morgan fingerprint density at radius 3 is 2.86 bits per heavy atom. The SMILES string of the molecule is C#CCNC(=O)CCn1c(-c2ccc(C)cc2)n[nH]c1=S. The molecule has 2 aromatic rings. The predicted molar refractivity (Wildman–Crippen MR) is 84.0 cm³/mol. The number of rotatable bonds is 5.